The second kappa shape index (κ2) is 4.30. The largest absolute Gasteiger partial charge is 0.352 e. The van der Waals surface area contributed by atoms with E-state index in [9.17, 15) is 0 Å². The van der Waals surface area contributed by atoms with Crippen molar-refractivity contribution < 1.29 is 9.57 Å². The van der Waals surface area contributed by atoms with Crippen LogP contribution in [0.5, 0.6) is 0 Å². The van der Waals surface area contributed by atoms with E-state index in [1.807, 2.05) is 13.8 Å². The van der Waals surface area contributed by atoms with E-state index in [-0.39, 0.29) is 11.1 Å². The number of benzene rings is 1. The molecule has 0 saturated carbocycles. The van der Waals surface area contributed by atoms with Gasteiger partial charge >= 0.3 is 0 Å². The van der Waals surface area contributed by atoms with Gasteiger partial charge in [0.25, 0.3) is 0 Å². The first kappa shape index (κ1) is 14.5. The number of hydroxylamine groups is 2. The minimum atomic E-state index is -0.642. The summed E-state index contributed by atoms with van der Waals surface area (Å²) in [5.74, 6) is -0.642. The van der Waals surface area contributed by atoms with Gasteiger partial charge in [0.2, 0.25) is 0 Å². The van der Waals surface area contributed by atoms with Gasteiger partial charge in [-0.15, -0.1) is 0 Å². The van der Waals surface area contributed by atoms with E-state index in [4.69, 9.17) is 9.57 Å². The van der Waals surface area contributed by atoms with Crippen molar-refractivity contribution in [3.05, 3.63) is 35.4 Å². The van der Waals surface area contributed by atoms with Crippen molar-refractivity contribution >= 4 is 0 Å². The van der Waals surface area contributed by atoms with Gasteiger partial charge in [-0.2, -0.15) is 5.06 Å². The fourth-order valence-corrected chi connectivity index (χ4v) is 2.95. The lowest BCUT2D eigenvalue weighted by Crippen LogP contribution is -2.50. The van der Waals surface area contributed by atoms with Crippen LogP contribution in [0.3, 0.4) is 0 Å². The molecular formula is C16H25NO2. The molecule has 0 saturated heterocycles. The fraction of sp³-hybridized carbons (Fsp3) is 0.625. The molecule has 3 heteroatoms. The van der Waals surface area contributed by atoms with Crippen molar-refractivity contribution in [3.63, 3.8) is 0 Å². The van der Waals surface area contributed by atoms with Gasteiger partial charge in [0.1, 0.15) is 0 Å². The average molecular weight is 263 g/mol. The maximum Gasteiger partial charge on any atom is 0.181 e. The van der Waals surface area contributed by atoms with Gasteiger partial charge in [-0.1, -0.05) is 24.3 Å². The first-order valence-electron chi connectivity index (χ1n) is 6.77. The smallest absolute Gasteiger partial charge is 0.181 e. The summed E-state index contributed by atoms with van der Waals surface area (Å²) >= 11 is 0. The molecule has 1 aromatic rings. The normalized spacial score (nSPS) is 21.4. The standard InChI is InChI=1S/C16H25NO2/c1-14(2)12-10-8-9-11-13(12)15(3,4)17(14)19-16(5,6)18-7/h8-11H,1-7H3. The number of nitrogens with zero attached hydrogens (tertiary/aromatic N) is 1. The molecule has 0 aromatic heterocycles. The molecule has 1 aliphatic rings. The Kier molecular flexibility index (Phi) is 3.28. The molecule has 3 nitrogen and oxygen atoms in total. The number of fused-ring (bicyclic) bond motifs is 1. The highest BCUT2D eigenvalue weighted by Crippen LogP contribution is 2.50. The summed E-state index contributed by atoms with van der Waals surface area (Å²) in [6.07, 6.45) is 0. The minimum Gasteiger partial charge on any atom is -0.352 e. The second-order valence-corrected chi connectivity index (χ2v) is 6.65. The van der Waals surface area contributed by atoms with Crippen molar-refractivity contribution in [2.45, 2.75) is 58.4 Å². The molecule has 0 fully saturated rings. The van der Waals surface area contributed by atoms with E-state index in [1.54, 1.807) is 7.11 Å². The lowest BCUT2D eigenvalue weighted by Gasteiger charge is -2.43. The van der Waals surface area contributed by atoms with Crippen molar-refractivity contribution in [2.75, 3.05) is 7.11 Å². The zero-order valence-corrected chi connectivity index (χ0v) is 13.1. The van der Waals surface area contributed by atoms with Gasteiger partial charge in [0.05, 0.1) is 11.1 Å². The van der Waals surface area contributed by atoms with E-state index < -0.39 is 5.79 Å². The van der Waals surface area contributed by atoms with Crippen LogP contribution in [0.15, 0.2) is 24.3 Å². The van der Waals surface area contributed by atoms with Crippen molar-refractivity contribution in [1.82, 2.24) is 5.06 Å². The molecule has 1 aliphatic heterocycles. The van der Waals surface area contributed by atoms with Gasteiger partial charge in [0.15, 0.2) is 5.79 Å². The molecule has 106 valence electrons. The van der Waals surface area contributed by atoms with Crippen molar-refractivity contribution in [2.24, 2.45) is 0 Å². The molecule has 1 aromatic carbocycles. The van der Waals surface area contributed by atoms with E-state index in [0.29, 0.717) is 0 Å². The van der Waals surface area contributed by atoms with Crippen LogP contribution >= 0.6 is 0 Å². The van der Waals surface area contributed by atoms with E-state index >= 15 is 0 Å². The predicted octanol–water partition coefficient (Wildman–Crippen LogP) is 3.79. The SMILES string of the molecule is COC(C)(C)ON1C(C)(C)c2ccccc2C1(C)C. The van der Waals surface area contributed by atoms with Gasteiger partial charge in [-0.05, 0) is 52.7 Å². The van der Waals surface area contributed by atoms with Gasteiger partial charge in [-0.3, -0.25) is 4.84 Å². The molecule has 0 unspecified atom stereocenters. The molecule has 0 N–H and O–H groups in total. The molecular weight excluding hydrogens is 238 g/mol. The third-order valence-electron chi connectivity index (χ3n) is 4.06. The Labute approximate surface area is 116 Å². The fourth-order valence-electron chi connectivity index (χ4n) is 2.95. The van der Waals surface area contributed by atoms with Crippen LogP contribution < -0.4 is 0 Å². The highest BCUT2D eigenvalue weighted by atomic mass is 16.8. The maximum absolute atomic E-state index is 6.17. The Morgan fingerprint density at radius 3 is 1.74 bits per heavy atom. The van der Waals surface area contributed by atoms with Crippen molar-refractivity contribution in [3.8, 4) is 0 Å². The Hall–Kier alpha value is -0.900. The molecule has 0 radical (unpaired) electrons. The highest BCUT2D eigenvalue weighted by molar-refractivity contribution is 5.42. The monoisotopic (exact) mass is 263 g/mol. The number of ether oxygens (including phenoxy) is 1. The summed E-state index contributed by atoms with van der Waals surface area (Å²) in [4.78, 5) is 6.17. The van der Waals surface area contributed by atoms with Crippen LogP contribution in [0, 0.1) is 0 Å². The van der Waals surface area contributed by atoms with Crippen LogP contribution in [-0.4, -0.2) is 18.0 Å². The van der Waals surface area contributed by atoms with E-state index in [2.05, 4.69) is 57.0 Å². The second-order valence-electron chi connectivity index (χ2n) is 6.65. The van der Waals surface area contributed by atoms with Gasteiger partial charge < -0.3 is 4.74 Å². The summed E-state index contributed by atoms with van der Waals surface area (Å²) in [6, 6.07) is 8.53. The Morgan fingerprint density at radius 2 is 1.37 bits per heavy atom. The van der Waals surface area contributed by atoms with Crippen molar-refractivity contribution in [1.29, 1.82) is 0 Å². The van der Waals surface area contributed by atoms with Crippen LogP contribution in [0.2, 0.25) is 0 Å². The highest BCUT2D eigenvalue weighted by Gasteiger charge is 2.51. The van der Waals surface area contributed by atoms with E-state index in [1.165, 1.54) is 11.1 Å². The summed E-state index contributed by atoms with van der Waals surface area (Å²) < 4.78 is 5.42. The summed E-state index contributed by atoms with van der Waals surface area (Å²) in [5.41, 5.74) is 2.25. The summed E-state index contributed by atoms with van der Waals surface area (Å²) in [7, 11) is 1.67. The van der Waals surface area contributed by atoms with Crippen LogP contribution in [0.1, 0.15) is 52.7 Å². The summed E-state index contributed by atoms with van der Waals surface area (Å²) in [5, 5.41) is 2.06. The molecule has 0 atom stereocenters. The zero-order valence-electron chi connectivity index (χ0n) is 13.1. The lowest BCUT2D eigenvalue weighted by molar-refractivity contribution is -0.375. The van der Waals surface area contributed by atoms with Crippen LogP contribution in [0.25, 0.3) is 0 Å². The van der Waals surface area contributed by atoms with Gasteiger partial charge in [-0.25, -0.2) is 0 Å². The topological polar surface area (TPSA) is 21.7 Å². The number of rotatable bonds is 3. The quantitative estimate of drug-likeness (QED) is 0.775. The average Bonchev–Trinajstić information content (AvgIpc) is 2.49. The number of hydrogen-bond donors (Lipinski definition) is 0. The lowest BCUT2D eigenvalue weighted by atomic mass is 9.91. The molecule has 0 aliphatic carbocycles. The zero-order chi connectivity index (χ0) is 14.5. The maximum atomic E-state index is 6.17. The van der Waals surface area contributed by atoms with Crippen LogP contribution in [-0.2, 0) is 20.7 Å². The Morgan fingerprint density at radius 1 is 0.947 bits per heavy atom. The van der Waals surface area contributed by atoms with E-state index in [0.717, 1.165) is 0 Å². The molecule has 0 bridgehead atoms. The van der Waals surface area contributed by atoms with Crippen LogP contribution in [0.4, 0.5) is 0 Å². The number of methoxy groups -OCH3 is 1. The van der Waals surface area contributed by atoms with Gasteiger partial charge in [0, 0.05) is 7.11 Å². The Balaban J connectivity index is 2.47. The number of hydrogen-bond acceptors (Lipinski definition) is 3. The minimum absolute atomic E-state index is 0.185. The molecule has 2 rings (SSSR count). The first-order chi connectivity index (χ1) is 8.63. The third-order valence-corrected chi connectivity index (χ3v) is 4.06. The third kappa shape index (κ3) is 2.20. The summed E-state index contributed by atoms with van der Waals surface area (Å²) in [6.45, 7) is 12.6. The molecule has 0 spiro atoms. The molecule has 19 heavy (non-hydrogen) atoms. The first-order valence-corrected chi connectivity index (χ1v) is 6.77. The molecule has 1 heterocycles. The Bertz CT molecular complexity index is 442. The molecule has 0 amide bonds. The predicted molar refractivity (Wildman–Crippen MR) is 76.5 cm³/mol.